The van der Waals surface area contributed by atoms with Crippen LogP contribution in [-0.4, -0.2) is 6.29 Å². The molecule has 2 nitrogen and oxygen atoms in total. The lowest BCUT2D eigenvalue weighted by Gasteiger charge is -1.99. The fourth-order valence-electron chi connectivity index (χ4n) is 1.23. The van der Waals surface area contributed by atoms with Crippen LogP contribution >= 0.6 is 11.3 Å². The smallest absolute Gasteiger partial charge is 0.153 e. The first-order valence-electron chi connectivity index (χ1n) is 3.64. The Kier molecular flexibility index (Phi) is 1.77. The van der Waals surface area contributed by atoms with E-state index in [1.54, 1.807) is 11.4 Å². The van der Waals surface area contributed by atoms with Crippen LogP contribution in [0.3, 0.4) is 0 Å². The van der Waals surface area contributed by atoms with E-state index >= 15 is 0 Å². The number of halogens is 1. The lowest BCUT2D eigenvalue weighted by atomic mass is 10.1. The molecular weight excluding hydrogens is 189 g/mol. The third-order valence-electron chi connectivity index (χ3n) is 1.87. The normalized spacial score (nSPS) is 10.5. The number of aldehydes is 1. The number of hydrogen-bond acceptors (Lipinski definition) is 3. The van der Waals surface area contributed by atoms with Crippen molar-refractivity contribution < 1.29 is 9.18 Å². The molecule has 0 unspecified atom stereocenters. The van der Waals surface area contributed by atoms with Crippen LogP contribution in [0.4, 0.5) is 10.1 Å². The molecule has 0 aliphatic carbocycles. The molecule has 4 heteroatoms. The number of carbonyl (C=O) groups excluding carboxylic acids is 1. The maximum atomic E-state index is 13.4. The number of nitrogen functional groups attached to an aromatic ring is 1. The maximum absolute atomic E-state index is 13.4. The molecular formula is C9H6FNOS. The zero-order chi connectivity index (χ0) is 9.42. The lowest BCUT2D eigenvalue weighted by Crippen LogP contribution is -1.92. The quantitative estimate of drug-likeness (QED) is 0.561. The highest BCUT2D eigenvalue weighted by Crippen LogP contribution is 2.30. The van der Waals surface area contributed by atoms with E-state index in [9.17, 15) is 9.18 Å². The van der Waals surface area contributed by atoms with Crippen molar-refractivity contribution in [1.82, 2.24) is 0 Å². The van der Waals surface area contributed by atoms with Gasteiger partial charge in [0.15, 0.2) is 12.1 Å². The largest absolute Gasteiger partial charge is 0.398 e. The molecule has 0 radical (unpaired) electrons. The minimum atomic E-state index is -0.478. The van der Waals surface area contributed by atoms with Crippen molar-refractivity contribution in [3.63, 3.8) is 0 Å². The Hall–Kier alpha value is -1.42. The first-order chi connectivity index (χ1) is 6.24. The van der Waals surface area contributed by atoms with E-state index in [0.717, 1.165) is 0 Å². The Morgan fingerprint density at radius 1 is 1.54 bits per heavy atom. The van der Waals surface area contributed by atoms with Crippen molar-refractivity contribution in [3.8, 4) is 0 Å². The molecule has 1 aromatic carbocycles. The van der Waals surface area contributed by atoms with Gasteiger partial charge in [-0.05, 0) is 17.5 Å². The van der Waals surface area contributed by atoms with E-state index in [-0.39, 0.29) is 5.56 Å². The molecule has 0 fully saturated rings. The van der Waals surface area contributed by atoms with Gasteiger partial charge in [-0.15, -0.1) is 11.3 Å². The second kappa shape index (κ2) is 2.81. The molecule has 0 atom stereocenters. The zero-order valence-corrected chi connectivity index (χ0v) is 7.40. The minimum absolute atomic E-state index is 0.0208. The minimum Gasteiger partial charge on any atom is -0.398 e. The highest BCUT2D eigenvalue weighted by atomic mass is 32.1. The summed E-state index contributed by atoms with van der Waals surface area (Å²) in [5.74, 6) is -0.478. The van der Waals surface area contributed by atoms with Crippen molar-refractivity contribution >= 4 is 33.4 Å². The number of thiophene rings is 1. The molecule has 0 bridgehead atoms. The van der Waals surface area contributed by atoms with Crippen LogP contribution in [0, 0.1) is 5.82 Å². The monoisotopic (exact) mass is 195 g/mol. The van der Waals surface area contributed by atoms with Gasteiger partial charge in [-0.3, -0.25) is 4.79 Å². The van der Waals surface area contributed by atoms with Gasteiger partial charge in [0.1, 0.15) is 0 Å². The van der Waals surface area contributed by atoms with Crippen LogP contribution in [0.15, 0.2) is 17.5 Å². The van der Waals surface area contributed by atoms with E-state index in [0.29, 0.717) is 22.1 Å². The lowest BCUT2D eigenvalue weighted by molar-refractivity contribution is 0.112. The molecule has 13 heavy (non-hydrogen) atoms. The maximum Gasteiger partial charge on any atom is 0.153 e. The van der Waals surface area contributed by atoms with Gasteiger partial charge in [0.2, 0.25) is 0 Å². The number of carbonyl (C=O) groups is 1. The fourth-order valence-corrected chi connectivity index (χ4v) is 2.11. The molecule has 0 aliphatic rings. The van der Waals surface area contributed by atoms with Gasteiger partial charge in [-0.25, -0.2) is 4.39 Å². The Labute approximate surface area is 77.8 Å². The highest BCUT2D eigenvalue weighted by Gasteiger charge is 2.10. The molecule has 2 aromatic rings. The first kappa shape index (κ1) is 8.19. The van der Waals surface area contributed by atoms with Gasteiger partial charge in [0.25, 0.3) is 0 Å². The molecule has 0 spiro atoms. The Bertz CT molecular complexity index is 478. The number of benzene rings is 1. The Balaban J connectivity index is 2.93. The topological polar surface area (TPSA) is 43.1 Å². The summed E-state index contributed by atoms with van der Waals surface area (Å²) in [5, 5.41) is 2.42. The van der Waals surface area contributed by atoms with Crippen LogP contribution in [0.2, 0.25) is 0 Å². The van der Waals surface area contributed by atoms with Gasteiger partial charge in [-0.2, -0.15) is 0 Å². The molecule has 1 heterocycles. The average molecular weight is 195 g/mol. The number of anilines is 1. The molecule has 0 aliphatic heterocycles. The van der Waals surface area contributed by atoms with Gasteiger partial charge < -0.3 is 5.73 Å². The predicted molar refractivity (Wildman–Crippen MR) is 51.6 cm³/mol. The summed E-state index contributed by atoms with van der Waals surface area (Å²) in [6.07, 6.45) is 0.477. The zero-order valence-electron chi connectivity index (χ0n) is 6.58. The van der Waals surface area contributed by atoms with Gasteiger partial charge in [0, 0.05) is 11.1 Å². The predicted octanol–water partition coefficient (Wildman–Crippen LogP) is 2.44. The summed E-state index contributed by atoms with van der Waals surface area (Å²) in [4.78, 5) is 10.5. The van der Waals surface area contributed by atoms with E-state index in [2.05, 4.69) is 0 Å². The summed E-state index contributed by atoms with van der Waals surface area (Å²) in [5.41, 5.74) is 6.09. The second-order valence-corrected chi connectivity index (χ2v) is 3.57. The third kappa shape index (κ3) is 1.10. The summed E-state index contributed by atoms with van der Waals surface area (Å²) < 4.78 is 13.9. The van der Waals surface area contributed by atoms with Crippen molar-refractivity contribution in [2.75, 3.05) is 5.73 Å². The standard InChI is InChI=1S/C9H6FNOS/c10-8-5(4-12)3-7(11)6-1-2-13-9(6)8/h1-4H,11H2. The molecule has 66 valence electrons. The Morgan fingerprint density at radius 2 is 2.31 bits per heavy atom. The fraction of sp³-hybridized carbons (Fsp3) is 0. The second-order valence-electron chi connectivity index (χ2n) is 2.65. The summed E-state index contributed by atoms with van der Waals surface area (Å²) in [6, 6.07) is 3.10. The third-order valence-corrected chi connectivity index (χ3v) is 2.77. The molecule has 0 saturated carbocycles. The molecule has 0 saturated heterocycles. The van der Waals surface area contributed by atoms with E-state index in [1.807, 2.05) is 0 Å². The number of fused-ring (bicyclic) bond motifs is 1. The number of rotatable bonds is 1. The van der Waals surface area contributed by atoms with Crippen molar-refractivity contribution in [2.24, 2.45) is 0 Å². The molecule has 2 rings (SSSR count). The van der Waals surface area contributed by atoms with Crippen molar-refractivity contribution in [1.29, 1.82) is 0 Å². The van der Waals surface area contributed by atoms with Crippen molar-refractivity contribution in [2.45, 2.75) is 0 Å². The van der Waals surface area contributed by atoms with Crippen LogP contribution in [0.25, 0.3) is 10.1 Å². The van der Waals surface area contributed by atoms with Gasteiger partial charge in [0.05, 0.1) is 10.3 Å². The number of nitrogens with two attached hydrogens (primary N) is 1. The van der Waals surface area contributed by atoms with Gasteiger partial charge >= 0.3 is 0 Å². The summed E-state index contributed by atoms with van der Waals surface area (Å²) in [6.45, 7) is 0. The average Bonchev–Trinajstić information content (AvgIpc) is 2.60. The Morgan fingerprint density at radius 3 is 3.00 bits per heavy atom. The van der Waals surface area contributed by atoms with Crippen LogP contribution in [-0.2, 0) is 0 Å². The van der Waals surface area contributed by atoms with E-state index in [4.69, 9.17) is 5.73 Å². The van der Waals surface area contributed by atoms with Crippen LogP contribution in [0.1, 0.15) is 10.4 Å². The first-order valence-corrected chi connectivity index (χ1v) is 4.52. The highest BCUT2D eigenvalue weighted by molar-refractivity contribution is 7.17. The summed E-state index contributed by atoms with van der Waals surface area (Å²) in [7, 11) is 0. The van der Waals surface area contributed by atoms with Crippen molar-refractivity contribution in [3.05, 3.63) is 28.9 Å². The molecule has 0 amide bonds. The number of hydrogen-bond donors (Lipinski definition) is 1. The van der Waals surface area contributed by atoms with E-state index in [1.165, 1.54) is 17.4 Å². The van der Waals surface area contributed by atoms with E-state index < -0.39 is 5.82 Å². The van der Waals surface area contributed by atoms with Crippen LogP contribution < -0.4 is 5.73 Å². The van der Waals surface area contributed by atoms with Crippen LogP contribution in [0.5, 0.6) is 0 Å². The van der Waals surface area contributed by atoms with Gasteiger partial charge in [-0.1, -0.05) is 0 Å². The molecule has 1 aromatic heterocycles. The summed E-state index contributed by atoms with van der Waals surface area (Å²) >= 11 is 1.24. The molecule has 2 N–H and O–H groups in total. The SMILES string of the molecule is Nc1cc(C=O)c(F)c2sccc12.